The molecule has 128 valence electrons. The molecule has 0 radical (unpaired) electrons. The van der Waals surface area contributed by atoms with Crippen molar-refractivity contribution in [3.63, 3.8) is 0 Å². The van der Waals surface area contributed by atoms with Crippen LogP contribution in [0, 0.1) is 26.6 Å². The van der Waals surface area contributed by atoms with Gasteiger partial charge < -0.3 is 0 Å². The minimum Gasteiger partial charge on any atom is -0.294 e. The van der Waals surface area contributed by atoms with Gasteiger partial charge in [0.15, 0.2) is 15.6 Å². The topological polar surface area (TPSA) is 51.2 Å². The van der Waals surface area contributed by atoms with E-state index in [2.05, 4.69) is 0 Å². The smallest absolute Gasteiger partial charge is 0.160 e. The third-order valence-corrected chi connectivity index (χ3v) is 5.66. The van der Waals surface area contributed by atoms with E-state index < -0.39 is 15.7 Å². The molecule has 0 amide bonds. The summed E-state index contributed by atoms with van der Waals surface area (Å²) >= 11 is 0. The molecule has 2 aromatic rings. The number of carbonyl (C=O) groups is 1. The van der Waals surface area contributed by atoms with Crippen molar-refractivity contribution in [2.24, 2.45) is 0 Å². The maximum absolute atomic E-state index is 13.7. The van der Waals surface area contributed by atoms with Crippen LogP contribution in [0.4, 0.5) is 4.39 Å². The Balaban J connectivity index is 2.42. The van der Waals surface area contributed by atoms with E-state index in [1.165, 1.54) is 25.1 Å². The second-order valence-corrected chi connectivity index (χ2v) is 8.23. The van der Waals surface area contributed by atoms with E-state index in [-0.39, 0.29) is 22.9 Å². The molecule has 0 spiro atoms. The van der Waals surface area contributed by atoms with Crippen LogP contribution in [-0.2, 0) is 21.3 Å². The molecule has 0 saturated heterocycles. The lowest BCUT2D eigenvalue weighted by Crippen LogP contribution is -2.13. The van der Waals surface area contributed by atoms with Gasteiger partial charge in [-0.2, -0.15) is 0 Å². The second kappa shape index (κ2) is 6.85. The monoisotopic (exact) mass is 348 g/mol. The van der Waals surface area contributed by atoms with Crippen molar-refractivity contribution in [3.8, 4) is 0 Å². The van der Waals surface area contributed by atoms with Crippen molar-refractivity contribution in [3.05, 3.63) is 69.5 Å². The molecule has 2 rings (SSSR count). The Kier molecular flexibility index (Phi) is 5.23. The van der Waals surface area contributed by atoms with E-state index in [0.717, 1.165) is 11.1 Å². The Hall–Kier alpha value is -2.01. The zero-order valence-corrected chi connectivity index (χ0v) is 15.1. The number of halogens is 1. The van der Waals surface area contributed by atoms with Crippen molar-refractivity contribution < 1.29 is 17.6 Å². The number of aryl methyl sites for hydroxylation is 2. The molecule has 0 N–H and O–H groups in total. The van der Waals surface area contributed by atoms with Gasteiger partial charge in [-0.3, -0.25) is 4.79 Å². The summed E-state index contributed by atoms with van der Waals surface area (Å²) in [5.74, 6) is -1.18. The highest BCUT2D eigenvalue weighted by atomic mass is 32.2. The van der Waals surface area contributed by atoms with E-state index in [4.69, 9.17) is 0 Å². The molecular formula is C19H21FO3S. The van der Waals surface area contributed by atoms with Crippen LogP contribution in [0.3, 0.4) is 0 Å². The van der Waals surface area contributed by atoms with Crippen LogP contribution in [0.15, 0.2) is 30.3 Å². The zero-order chi connectivity index (χ0) is 18.1. The van der Waals surface area contributed by atoms with Gasteiger partial charge >= 0.3 is 0 Å². The van der Waals surface area contributed by atoms with Crippen molar-refractivity contribution in [2.45, 2.75) is 39.2 Å². The Morgan fingerprint density at radius 3 is 2.25 bits per heavy atom. The van der Waals surface area contributed by atoms with E-state index in [1.807, 2.05) is 19.9 Å². The van der Waals surface area contributed by atoms with Crippen LogP contribution in [0.2, 0.25) is 0 Å². The van der Waals surface area contributed by atoms with E-state index in [9.17, 15) is 17.6 Å². The van der Waals surface area contributed by atoms with E-state index >= 15 is 0 Å². The number of hydrogen-bond donors (Lipinski definition) is 0. The molecule has 0 unspecified atom stereocenters. The fourth-order valence-electron chi connectivity index (χ4n) is 3.11. The van der Waals surface area contributed by atoms with Crippen LogP contribution in [-0.4, -0.2) is 14.2 Å². The van der Waals surface area contributed by atoms with Crippen molar-refractivity contribution >= 4 is 15.6 Å². The Morgan fingerprint density at radius 1 is 1.04 bits per heavy atom. The van der Waals surface area contributed by atoms with Gasteiger partial charge in [-0.1, -0.05) is 24.3 Å². The van der Waals surface area contributed by atoms with Crippen molar-refractivity contribution in [1.82, 2.24) is 0 Å². The molecule has 0 saturated carbocycles. The fourth-order valence-corrected chi connectivity index (χ4v) is 4.81. The predicted octanol–water partition coefficient (Wildman–Crippen LogP) is 4.07. The second-order valence-electron chi connectivity index (χ2n) is 6.17. The van der Waals surface area contributed by atoms with E-state index in [0.29, 0.717) is 16.7 Å². The van der Waals surface area contributed by atoms with Crippen molar-refractivity contribution in [1.29, 1.82) is 0 Å². The predicted molar refractivity (Wildman–Crippen MR) is 93.4 cm³/mol. The Labute approximate surface area is 142 Å². The normalized spacial score (nSPS) is 11.5. The molecule has 2 aromatic carbocycles. The molecular weight excluding hydrogens is 327 g/mol. The van der Waals surface area contributed by atoms with Gasteiger partial charge in [-0.15, -0.1) is 0 Å². The molecule has 0 aliphatic carbocycles. The van der Waals surface area contributed by atoms with Crippen LogP contribution in [0.5, 0.6) is 0 Å². The molecule has 0 atom stereocenters. The zero-order valence-electron chi connectivity index (χ0n) is 14.3. The summed E-state index contributed by atoms with van der Waals surface area (Å²) in [7, 11) is -3.56. The summed E-state index contributed by atoms with van der Waals surface area (Å²) in [6, 6.07) is 7.70. The molecule has 0 heterocycles. The lowest BCUT2D eigenvalue weighted by molar-refractivity contribution is 0.101. The van der Waals surface area contributed by atoms with Crippen LogP contribution in [0.1, 0.15) is 45.1 Å². The van der Waals surface area contributed by atoms with Gasteiger partial charge in [-0.05, 0) is 56.0 Å². The largest absolute Gasteiger partial charge is 0.294 e. The molecule has 24 heavy (non-hydrogen) atoms. The van der Waals surface area contributed by atoms with Gasteiger partial charge in [0.25, 0.3) is 0 Å². The average Bonchev–Trinajstić information content (AvgIpc) is 2.45. The summed E-state index contributed by atoms with van der Waals surface area (Å²) in [6.07, 6.45) is 0. The van der Waals surface area contributed by atoms with Crippen LogP contribution in [0.25, 0.3) is 0 Å². The first-order valence-electron chi connectivity index (χ1n) is 7.67. The maximum atomic E-state index is 13.7. The molecule has 0 aliphatic rings. The minimum atomic E-state index is -3.56. The van der Waals surface area contributed by atoms with Gasteiger partial charge in [0.1, 0.15) is 5.82 Å². The summed E-state index contributed by atoms with van der Waals surface area (Å²) in [6.45, 7) is 6.92. The number of sulfone groups is 1. The molecule has 0 aromatic heterocycles. The molecule has 0 bridgehead atoms. The first kappa shape index (κ1) is 18.3. The average molecular weight is 348 g/mol. The highest BCUT2D eigenvalue weighted by Crippen LogP contribution is 2.26. The van der Waals surface area contributed by atoms with Crippen molar-refractivity contribution in [2.75, 3.05) is 0 Å². The number of hydrogen-bond acceptors (Lipinski definition) is 3. The number of benzene rings is 2. The summed E-state index contributed by atoms with van der Waals surface area (Å²) in [5, 5.41) is 0. The number of carbonyl (C=O) groups excluding carboxylic acids is 1. The molecule has 5 heteroatoms. The molecule has 0 fully saturated rings. The summed E-state index contributed by atoms with van der Waals surface area (Å²) in [5.41, 5.74) is 3.71. The quantitative estimate of drug-likeness (QED) is 0.766. The minimum absolute atomic E-state index is 0.0854. The SMILES string of the molecule is CC(=O)c1c(C)cc(C)c(CS(=O)(=O)Cc2ccccc2F)c1C. The molecule has 0 aliphatic heterocycles. The Bertz CT molecular complexity index is 899. The lowest BCUT2D eigenvalue weighted by Gasteiger charge is -2.16. The summed E-state index contributed by atoms with van der Waals surface area (Å²) in [4.78, 5) is 11.9. The van der Waals surface area contributed by atoms with Crippen LogP contribution < -0.4 is 0 Å². The standard InChI is InChI=1S/C19H21FO3S/c1-12-9-13(2)19(15(4)21)14(3)17(12)11-24(22,23)10-16-7-5-6-8-18(16)20/h5-9H,10-11H2,1-4H3. The summed E-state index contributed by atoms with van der Waals surface area (Å²) < 4.78 is 38.8. The van der Waals surface area contributed by atoms with Gasteiger partial charge in [0.05, 0.1) is 11.5 Å². The third-order valence-electron chi connectivity index (χ3n) is 4.18. The first-order valence-corrected chi connectivity index (χ1v) is 9.49. The van der Waals surface area contributed by atoms with Gasteiger partial charge in [0.2, 0.25) is 0 Å². The number of ketones is 1. The molecule has 3 nitrogen and oxygen atoms in total. The number of rotatable bonds is 5. The van der Waals surface area contributed by atoms with Gasteiger partial charge in [0, 0.05) is 11.1 Å². The maximum Gasteiger partial charge on any atom is 0.160 e. The Morgan fingerprint density at radius 2 is 1.67 bits per heavy atom. The third kappa shape index (κ3) is 3.90. The lowest BCUT2D eigenvalue weighted by atomic mass is 9.92. The number of Topliss-reactive ketones (excluding diaryl/α,β-unsaturated/α-hetero) is 1. The highest BCUT2D eigenvalue weighted by Gasteiger charge is 2.21. The fraction of sp³-hybridized carbons (Fsp3) is 0.316. The highest BCUT2D eigenvalue weighted by molar-refractivity contribution is 7.89. The van der Waals surface area contributed by atoms with E-state index in [1.54, 1.807) is 13.0 Å². The van der Waals surface area contributed by atoms with Crippen LogP contribution >= 0.6 is 0 Å². The van der Waals surface area contributed by atoms with Gasteiger partial charge in [-0.25, -0.2) is 12.8 Å². The first-order chi connectivity index (χ1) is 11.1.